The standard InChI is InChI=1S/C15H22FN5O/c1-5-15(22)18-12-6-7-13(16)14(10-12)20-19-11(2)21(4)9-8-17-3/h6-11,17H,5H2,1-4H3,(H,18,22)/b9-8-,20-19?. The zero-order valence-corrected chi connectivity index (χ0v) is 13.3. The number of rotatable bonds is 7. The van der Waals surface area contributed by atoms with Gasteiger partial charge in [-0.25, -0.2) is 4.39 Å². The second kappa shape index (κ2) is 8.76. The maximum absolute atomic E-state index is 13.7. The Labute approximate surface area is 130 Å². The second-order valence-electron chi connectivity index (χ2n) is 4.69. The molecule has 0 saturated heterocycles. The first-order valence-corrected chi connectivity index (χ1v) is 7.04. The number of carbonyl (C=O) groups is 1. The Morgan fingerprint density at radius 1 is 1.50 bits per heavy atom. The van der Waals surface area contributed by atoms with Gasteiger partial charge in [0.05, 0.1) is 0 Å². The summed E-state index contributed by atoms with van der Waals surface area (Å²) < 4.78 is 13.7. The summed E-state index contributed by atoms with van der Waals surface area (Å²) >= 11 is 0. The van der Waals surface area contributed by atoms with Gasteiger partial charge >= 0.3 is 0 Å². The lowest BCUT2D eigenvalue weighted by Crippen LogP contribution is -2.21. The number of nitrogens with one attached hydrogen (secondary N) is 2. The Morgan fingerprint density at radius 2 is 2.23 bits per heavy atom. The molecule has 1 atom stereocenters. The van der Waals surface area contributed by atoms with Gasteiger partial charge in [-0.15, -0.1) is 0 Å². The van der Waals surface area contributed by atoms with Crippen LogP contribution in [-0.4, -0.2) is 31.1 Å². The van der Waals surface area contributed by atoms with E-state index in [0.717, 1.165) is 0 Å². The molecule has 0 fully saturated rings. The number of halogens is 1. The molecule has 0 heterocycles. The highest BCUT2D eigenvalue weighted by Crippen LogP contribution is 2.23. The molecule has 0 aliphatic rings. The number of benzene rings is 1. The maximum Gasteiger partial charge on any atom is 0.224 e. The van der Waals surface area contributed by atoms with E-state index in [1.807, 2.05) is 18.9 Å². The average molecular weight is 307 g/mol. The predicted octanol–water partition coefficient (Wildman–Crippen LogP) is 3.23. The lowest BCUT2D eigenvalue weighted by atomic mass is 10.2. The normalized spacial score (nSPS) is 12.6. The molecule has 22 heavy (non-hydrogen) atoms. The van der Waals surface area contributed by atoms with Gasteiger partial charge < -0.3 is 15.5 Å². The fourth-order valence-corrected chi connectivity index (χ4v) is 1.46. The first-order chi connectivity index (χ1) is 10.5. The third kappa shape index (κ3) is 5.51. The van der Waals surface area contributed by atoms with E-state index in [1.54, 1.807) is 26.4 Å². The summed E-state index contributed by atoms with van der Waals surface area (Å²) in [6.45, 7) is 3.58. The molecule has 6 nitrogen and oxygen atoms in total. The van der Waals surface area contributed by atoms with Crippen molar-refractivity contribution < 1.29 is 9.18 Å². The van der Waals surface area contributed by atoms with E-state index in [9.17, 15) is 9.18 Å². The van der Waals surface area contributed by atoms with E-state index in [2.05, 4.69) is 20.9 Å². The predicted molar refractivity (Wildman–Crippen MR) is 85.3 cm³/mol. The highest BCUT2D eigenvalue weighted by Gasteiger charge is 2.07. The summed E-state index contributed by atoms with van der Waals surface area (Å²) in [7, 11) is 3.63. The lowest BCUT2D eigenvalue weighted by Gasteiger charge is -2.17. The molecule has 1 unspecified atom stereocenters. The molecule has 0 aliphatic carbocycles. The van der Waals surface area contributed by atoms with Crippen LogP contribution in [0.1, 0.15) is 20.3 Å². The molecule has 0 saturated carbocycles. The van der Waals surface area contributed by atoms with Crippen molar-refractivity contribution in [2.24, 2.45) is 10.2 Å². The molecular formula is C15H22FN5O. The Hall–Kier alpha value is -2.44. The summed E-state index contributed by atoms with van der Waals surface area (Å²) in [5.74, 6) is -0.626. The van der Waals surface area contributed by atoms with Crippen molar-refractivity contribution in [2.45, 2.75) is 26.4 Å². The fraction of sp³-hybridized carbons (Fsp3) is 0.400. The van der Waals surface area contributed by atoms with Crippen molar-refractivity contribution in [3.05, 3.63) is 36.4 Å². The van der Waals surface area contributed by atoms with Gasteiger partial charge in [-0.05, 0) is 25.1 Å². The van der Waals surface area contributed by atoms with Crippen LogP contribution in [0.3, 0.4) is 0 Å². The van der Waals surface area contributed by atoms with Gasteiger partial charge in [-0.3, -0.25) is 4.79 Å². The Morgan fingerprint density at radius 3 is 2.86 bits per heavy atom. The van der Waals surface area contributed by atoms with E-state index in [1.165, 1.54) is 18.2 Å². The summed E-state index contributed by atoms with van der Waals surface area (Å²) in [6.07, 6.45) is 3.66. The van der Waals surface area contributed by atoms with Crippen molar-refractivity contribution in [2.75, 3.05) is 19.4 Å². The van der Waals surface area contributed by atoms with Crippen molar-refractivity contribution in [3.63, 3.8) is 0 Å². The van der Waals surface area contributed by atoms with Crippen LogP contribution in [0, 0.1) is 5.82 Å². The Bertz CT molecular complexity index is 559. The second-order valence-corrected chi connectivity index (χ2v) is 4.69. The highest BCUT2D eigenvalue weighted by atomic mass is 19.1. The van der Waals surface area contributed by atoms with Crippen LogP contribution < -0.4 is 10.6 Å². The van der Waals surface area contributed by atoms with Crippen molar-refractivity contribution in [3.8, 4) is 0 Å². The molecule has 1 rings (SSSR count). The molecule has 1 aromatic carbocycles. The molecule has 120 valence electrons. The molecule has 0 radical (unpaired) electrons. The highest BCUT2D eigenvalue weighted by molar-refractivity contribution is 5.90. The van der Waals surface area contributed by atoms with Crippen LogP contribution in [0.15, 0.2) is 40.8 Å². The zero-order valence-electron chi connectivity index (χ0n) is 13.3. The monoisotopic (exact) mass is 307 g/mol. The minimum atomic E-state index is -0.487. The van der Waals surface area contributed by atoms with Crippen molar-refractivity contribution >= 4 is 17.3 Å². The topological polar surface area (TPSA) is 69.1 Å². The number of amides is 1. The molecule has 1 aromatic rings. The van der Waals surface area contributed by atoms with E-state index in [-0.39, 0.29) is 17.8 Å². The van der Waals surface area contributed by atoms with Gasteiger partial charge in [0.1, 0.15) is 11.9 Å². The van der Waals surface area contributed by atoms with Crippen LogP contribution in [0.25, 0.3) is 0 Å². The summed E-state index contributed by atoms with van der Waals surface area (Å²) in [5.41, 5.74) is 0.588. The minimum absolute atomic E-state index is 0.0896. The molecule has 0 aromatic heterocycles. The van der Waals surface area contributed by atoms with E-state index < -0.39 is 5.82 Å². The zero-order chi connectivity index (χ0) is 16.5. The van der Waals surface area contributed by atoms with Gasteiger partial charge in [-0.2, -0.15) is 10.2 Å². The third-order valence-corrected chi connectivity index (χ3v) is 2.95. The molecule has 1 amide bonds. The Kier molecular flexibility index (Phi) is 7.01. The number of nitrogens with zero attached hydrogens (tertiary/aromatic N) is 3. The first-order valence-electron chi connectivity index (χ1n) is 7.04. The quantitative estimate of drug-likeness (QED) is 0.760. The molecule has 0 bridgehead atoms. The SMILES string of the molecule is CCC(=O)Nc1ccc(F)c(N=NC(C)N(C)/C=C\NC)c1. The van der Waals surface area contributed by atoms with Crippen LogP contribution in [-0.2, 0) is 4.79 Å². The lowest BCUT2D eigenvalue weighted by molar-refractivity contribution is -0.115. The van der Waals surface area contributed by atoms with E-state index in [4.69, 9.17) is 0 Å². The molecular weight excluding hydrogens is 285 g/mol. The summed E-state index contributed by atoms with van der Waals surface area (Å²) in [5, 5.41) is 13.5. The van der Waals surface area contributed by atoms with Crippen molar-refractivity contribution in [1.29, 1.82) is 0 Å². The number of hydrogen-bond donors (Lipinski definition) is 2. The van der Waals surface area contributed by atoms with Crippen molar-refractivity contribution in [1.82, 2.24) is 10.2 Å². The van der Waals surface area contributed by atoms with Gasteiger partial charge in [0.15, 0.2) is 5.82 Å². The molecule has 0 spiro atoms. The smallest absolute Gasteiger partial charge is 0.224 e. The molecule has 0 aliphatic heterocycles. The van der Waals surface area contributed by atoms with Gasteiger partial charge in [0.25, 0.3) is 0 Å². The molecule has 2 N–H and O–H groups in total. The summed E-state index contributed by atoms with van der Waals surface area (Å²) in [6, 6.07) is 4.21. The maximum atomic E-state index is 13.7. The van der Waals surface area contributed by atoms with Gasteiger partial charge in [0, 0.05) is 38.6 Å². The van der Waals surface area contributed by atoms with Crippen LogP contribution in [0.5, 0.6) is 0 Å². The van der Waals surface area contributed by atoms with Crippen LogP contribution >= 0.6 is 0 Å². The third-order valence-electron chi connectivity index (χ3n) is 2.95. The van der Waals surface area contributed by atoms with E-state index in [0.29, 0.717) is 12.1 Å². The van der Waals surface area contributed by atoms with Crippen LogP contribution in [0.4, 0.5) is 15.8 Å². The van der Waals surface area contributed by atoms with Crippen LogP contribution in [0.2, 0.25) is 0 Å². The van der Waals surface area contributed by atoms with Gasteiger partial charge in [0.2, 0.25) is 5.91 Å². The largest absolute Gasteiger partial charge is 0.393 e. The molecule has 7 heteroatoms. The number of hydrogen-bond acceptors (Lipinski definition) is 5. The fourth-order valence-electron chi connectivity index (χ4n) is 1.46. The minimum Gasteiger partial charge on any atom is -0.393 e. The Balaban J connectivity index is 2.83. The summed E-state index contributed by atoms with van der Waals surface area (Å²) in [4.78, 5) is 13.2. The van der Waals surface area contributed by atoms with Gasteiger partial charge in [-0.1, -0.05) is 6.92 Å². The van der Waals surface area contributed by atoms with E-state index >= 15 is 0 Å². The first kappa shape index (κ1) is 17.6. The number of azo groups is 1. The number of anilines is 1. The number of carbonyl (C=O) groups excluding carboxylic acids is 1. The average Bonchev–Trinajstić information content (AvgIpc) is 2.52.